The second-order valence-electron chi connectivity index (χ2n) is 12.5. The van der Waals surface area contributed by atoms with E-state index in [1.807, 2.05) is 0 Å². The number of hydrogen-bond donors (Lipinski definition) is 1. The fourth-order valence-electron chi connectivity index (χ4n) is 5.97. The van der Waals surface area contributed by atoms with Gasteiger partial charge in [0.1, 0.15) is 0 Å². The largest absolute Gasteiger partial charge is 0.472 e. The molecule has 1 aliphatic carbocycles. The van der Waals surface area contributed by atoms with Crippen molar-refractivity contribution in [1.82, 2.24) is 0 Å². The Morgan fingerprint density at radius 2 is 1.11 bits per heavy atom. The molecule has 0 amide bonds. The van der Waals surface area contributed by atoms with Crippen molar-refractivity contribution in [2.45, 2.75) is 181 Å². The van der Waals surface area contributed by atoms with Crippen LogP contribution < -0.4 is 0 Å². The highest BCUT2D eigenvalue weighted by atomic mass is 31.2. The molecule has 0 aliphatic heterocycles. The van der Waals surface area contributed by atoms with Crippen molar-refractivity contribution in [3.8, 4) is 0 Å². The van der Waals surface area contributed by atoms with Gasteiger partial charge in [0.15, 0.2) is 0 Å². The van der Waals surface area contributed by atoms with Crippen LogP contribution in [0.2, 0.25) is 0 Å². The van der Waals surface area contributed by atoms with Gasteiger partial charge in [0.2, 0.25) is 0 Å². The molecular formula is C32H65O4P. The van der Waals surface area contributed by atoms with Crippen molar-refractivity contribution < 1.29 is 18.5 Å². The Morgan fingerprint density at radius 1 is 0.703 bits per heavy atom. The van der Waals surface area contributed by atoms with E-state index < -0.39 is 7.82 Å². The average Bonchev–Trinajstić information content (AvgIpc) is 2.84. The molecule has 0 saturated heterocycles. The van der Waals surface area contributed by atoms with Crippen molar-refractivity contribution in [3.63, 3.8) is 0 Å². The quantitative estimate of drug-likeness (QED) is 0.0917. The minimum atomic E-state index is -3.96. The lowest BCUT2D eigenvalue weighted by molar-refractivity contribution is 0.0140. The SMILES string of the molecule is CCCCCCCCCCCCCCCCCCCCCCOP(=O)(O)OC1CC(C)CCC1C(C)C. The van der Waals surface area contributed by atoms with Crippen molar-refractivity contribution in [2.75, 3.05) is 6.61 Å². The maximum absolute atomic E-state index is 12.5. The van der Waals surface area contributed by atoms with Crippen LogP contribution in [0, 0.1) is 17.8 Å². The van der Waals surface area contributed by atoms with E-state index in [0.29, 0.717) is 24.4 Å². The van der Waals surface area contributed by atoms with Gasteiger partial charge in [0.05, 0.1) is 12.7 Å². The lowest BCUT2D eigenvalue weighted by atomic mass is 9.75. The molecule has 0 spiro atoms. The number of hydrogen-bond acceptors (Lipinski definition) is 3. The fraction of sp³-hybridized carbons (Fsp3) is 1.00. The highest BCUT2D eigenvalue weighted by molar-refractivity contribution is 7.47. The molecule has 0 aromatic rings. The molecule has 4 unspecified atom stereocenters. The third-order valence-corrected chi connectivity index (χ3v) is 9.53. The topological polar surface area (TPSA) is 55.8 Å². The molecule has 0 bridgehead atoms. The van der Waals surface area contributed by atoms with Gasteiger partial charge in [0.25, 0.3) is 0 Å². The monoisotopic (exact) mass is 544 g/mol. The lowest BCUT2D eigenvalue weighted by Gasteiger charge is -2.37. The number of phosphoric acid groups is 1. The van der Waals surface area contributed by atoms with Gasteiger partial charge < -0.3 is 4.89 Å². The van der Waals surface area contributed by atoms with Gasteiger partial charge in [0, 0.05) is 0 Å². The number of unbranched alkanes of at least 4 members (excludes halogenated alkanes) is 19. The second kappa shape index (κ2) is 22.9. The first kappa shape index (κ1) is 35.1. The van der Waals surface area contributed by atoms with Gasteiger partial charge in [-0.1, -0.05) is 156 Å². The molecule has 1 fully saturated rings. The predicted molar refractivity (Wildman–Crippen MR) is 160 cm³/mol. The minimum Gasteiger partial charge on any atom is -0.302 e. The molecule has 4 nitrogen and oxygen atoms in total. The third-order valence-electron chi connectivity index (χ3n) is 8.48. The average molecular weight is 545 g/mol. The molecule has 0 aromatic carbocycles. The standard InChI is InChI=1S/C32H65O4P/c1-5-6-7-8-9-10-11-12-13-14-15-16-17-18-19-20-21-22-23-24-27-35-37(33,34)36-32-28-30(4)25-26-31(32)29(2)3/h29-32H,5-28H2,1-4H3,(H,33,34). The second-order valence-corrected chi connectivity index (χ2v) is 13.9. The molecule has 0 radical (unpaired) electrons. The van der Waals surface area contributed by atoms with Crippen LogP contribution in [0.25, 0.3) is 0 Å². The molecule has 37 heavy (non-hydrogen) atoms. The van der Waals surface area contributed by atoms with Crippen molar-refractivity contribution in [1.29, 1.82) is 0 Å². The first-order valence-corrected chi connectivity index (χ1v) is 18.0. The Labute approximate surface area is 232 Å². The molecule has 1 N–H and O–H groups in total. The Kier molecular flexibility index (Phi) is 21.7. The van der Waals surface area contributed by atoms with Crippen LogP contribution in [-0.2, 0) is 13.6 Å². The van der Waals surface area contributed by atoms with Crippen LogP contribution >= 0.6 is 7.82 Å². The lowest BCUT2D eigenvalue weighted by Crippen LogP contribution is -2.33. The Morgan fingerprint density at radius 3 is 1.51 bits per heavy atom. The molecule has 5 heteroatoms. The van der Waals surface area contributed by atoms with E-state index >= 15 is 0 Å². The molecule has 0 heterocycles. The van der Waals surface area contributed by atoms with E-state index in [1.54, 1.807) is 0 Å². The van der Waals surface area contributed by atoms with Gasteiger partial charge >= 0.3 is 7.82 Å². The summed E-state index contributed by atoms with van der Waals surface area (Å²) < 4.78 is 23.4. The van der Waals surface area contributed by atoms with Gasteiger partial charge in [-0.25, -0.2) is 4.57 Å². The zero-order valence-corrected chi connectivity index (χ0v) is 26.3. The van der Waals surface area contributed by atoms with Crippen molar-refractivity contribution >= 4 is 7.82 Å². The predicted octanol–water partition coefficient (Wildman–Crippen LogP) is 11.4. The summed E-state index contributed by atoms with van der Waals surface area (Å²) in [6.45, 7) is 9.17. The van der Waals surface area contributed by atoms with Crippen LogP contribution in [0.4, 0.5) is 0 Å². The van der Waals surface area contributed by atoms with E-state index in [2.05, 4.69) is 27.7 Å². The molecule has 222 valence electrons. The van der Waals surface area contributed by atoms with Gasteiger partial charge in [-0.15, -0.1) is 0 Å². The Balaban J connectivity index is 1.87. The summed E-state index contributed by atoms with van der Waals surface area (Å²) in [5.74, 6) is 1.35. The van der Waals surface area contributed by atoms with Crippen LogP contribution in [0.15, 0.2) is 0 Å². The maximum atomic E-state index is 12.5. The first-order valence-electron chi connectivity index (χ1n) is 16.5. The summed E-state index contributed by atoms with van der Waals surface area (Å²) >= 11 is 0. The molecule has 1 saturated carbocycles. The molecule has 1 aliphatic rings. The van der Waals surface area contributed by atoms with E-state index in [9.17, 15) is 9.46 Å². The van der Waals surface area contributed by atoms with Gasteiger partial charge in [-0.3, -0.25) is 9.05 Å². The minimum absolute atomic E-state index is 0.158. The maximum Gasteiger partial charge on any atom is 0.472 e. The van der Waals surface area contributed by atoms with E-state index in [-0.39, 0.29) is 6.10 Å². The zero-order valence-electron chi connectivity index (χ0n) is 25.4. The molecule has 1 rings (SSSR count). The molecular weight excluding hydrogens is 479 g/mol. The summed E-state index contributed by atoms with van der Waals surface area (Å²) in [5.41, 5.74) is 0. The normalized spacial score (nSPS) is 21.9. The highest BCUT2D eigenvalue weighted by Gasteiger charge is 2.36. The Bertz CT molecular complexity index is 553. The van der Waals surface area contributed by atoms with Gasteiger partial charge in [-0.05, 0) is 37.0 Å². The van der Waals surface area contributed by atoms with Crippen LogP contribution in [-0.4, -0.2) is 17.6 Å². The Hall–Kier alpha value is 0.110. The summed E-state index contributed by atoms with van der Waals surface area (Å²) in [5, 5.41) is 0. The molecule has 4 atom stereocenters. The highest BCUT2D eigenvalue weighted by Crippen LogP contribution is 2.49. The summed E-state index contributed by atoms with van der Waals surface area (Å²) in [4.78, 5) is 10.2. The number of rotatable bonds is 25. The first-order chi connectivity index (χ1) is 17.9. The van der Waals surface area contributed by atoms with Crippen LogP contribution in [0.3, 0.4) is 0 Å². The number of phosphoric ester groups is 1. The zero-order chi connectivity index (χ0) is 27.2. The fourth-order valence-corrected chi connectivity index (χ4v) is 6.98. The smallest absolute Gasteiger partial charge is 0.302 e. The van der Waals surface area contributed by atoms with Crippen LogP contribution in [0.5, 0.6) is 0 Å². The van der Waals surface area contributed by atoms with Crippen molar-refractivity contribution in [3.05, 3.63) is 0 Å². The van der Waals surface area contributed by atoms with E-state index in [4.69, 9.17) is 9.05 Å². The van der Waals surface area contributed by atoms with E-state index in [1.165, 1.54) is 122 Å². The molecule has 0 aromatic heterocycles. The van der Waals surface area contributed by atoms with E-state index in [0.717, 1.165) is 25.7 Å². The third kappa shape index (κ3) is 19.8. The van der Waals surface area contributed by atoms with Crippen molar-refractivity contribution in [2.24, 2.45) is 17.8 Å². The summed E-state index contributed by atoms with van der Waals surface area (Å²) in [7, 11) is -3.96. The summed E-state index contributed by atoms with van der Waals surface area (Å²) in [6, 6.07) is 0. The summed E-state index contributed by atoms with van der Waals surface area (Å²) in [6.07, 6.45) is 29.9. The van der Waals surface area contributed by atoms with Crippen LogP contribution in [0.1, 0.15) is 175 Å². The van der Waals surface area contributed by atoms with Gasteiger partial charge in [-0.2, -0.15) is 0 Å².